The minimum Gasteiger partial charge on any atom is -0.496 e. The second-order valence-corrected chi connectivity index (χ2v) is 6.41. The summed E-state index contributed by atoms with van der Waals surface area (Å²) in [4.78, 5) is 59.8. The first-order valence-electron chi connectivity index (χ1n) is 9.05. The van der Waals surface area contributed by atoms with E-state index in [4.69, 9.17) is 9.47 Å². The summed E-state index contributed by atoms with van der Waals surface area (Å²) in [6.45, 7) is -0.888. The van der Waals surface area contributed by atoms with Gasteiger partial charge in [-0.2, -0.15) is 0 Å². The summed E-state index contributed by atoms with van der Waals surface area (Å²) in [5.74, 6) is -2.36. The fourth-order valence-corrected chi connectivity index (χ4v) is 2.94. The summed E-state index contributed by atoms with van der Waals surface area (Å²) >= 11 is 0. The van der Waals surface area contributed by atoms with Gasteiger partial charge < -0.3 is 14.8 Å². The molecule has 11 heteroatoms. The normalized spacial score (nSPS) is 12.4. The molecule has 1 N–H and O–H groups in total. The lowest BCUT2D eigenvalue weighted by Crippen LogP contribution is -2.32. The Hall–Kier alpha value is -4.28. The third-order valence-electron chi connectivity index (χ3n) is 4.46. The number of benzene rings is 2. The van der Waals surface area contributed by atoms with Crippen molar-refractivity contribution < 1.29 is 33.6 Å². The van der Waals surface area contributed by atoms with Gasteiger partial charge in [-0.25, -0.2) is 0 Å². The number of hydrogen-bond acceptors (Lipinski definition) is 8. The van der Waals surface area contributed by atoms with Crippen molar-refractivity contribution in [2.75, 3.05) is 25.6 Å². The molecule has 0 saturated carbocycles. The number of ether oxygens (including phenoxy) is 2. The number of esters is 1. The number of carbonyl (C=O) groups excluding carboxylic acids is 4. The first kappa shape index (κ1) is 21.4. The molecule has 1 heterocycles. The molecule has 0 atom stereocenters. The van der Waals surface area contributed by atoms with E-state index in [-0.39, 0.29) is 41.2 Å². The third kappa shape index (κ3) is 4.66. The van der Waals surface area contributed by atoms with Crippen LogP contribution in [0, 0.1) is 10.1 Å². The van der Waals surface area contributed by atoms with Gasteiger partial charge in [-0.15, -0.1) is 0 Å². The zero-order chi connectivity index (χ0) is 22.5. The van der Waals surface area contributed by atoms with Crippen molar-refractivity contribution in [1.29, 1.82) is 0 Å². The molecule has 0 spiro atoms. The lowest BCUT2D eigenvalue weighted by Gasteiger charge is -2.13. The second-order valence-electron chi connectivity index (χ2n) is 6.41. The molecule has 31 heavy (non-hydrogen) atoms. The summed E-state index contributed by atoms with van der Waals surface area (Å²) in [6.07, 6.45) is -0.304. The zero-order valence-corrected chi connectivity index (χ0v) is 16.3. The number of methoxy groups -OCH3 is 1. The summed E-state index contributed by atoms with van der Waals surface area (Å²) in [5, 5.41) is 13.4. The Bertz CT molecular complexity index is 1050. The van der Waals surface area contributed by atoms with Crippen LogP contribution in [0.2, 0.25) is 0 Å². The second kappa shape index (κ2) is 9.03. The van der Waals surface area contributed by atoms with Crippen molar-refractivity contribution in [3.63, 3.8) is 0 Å². The zero-order valence-electron chi connectivity index (χ0n) is 16.3. The van der Waals surface area contributed by atoms with E-state index in [0.29, 0.717) is 0 Å². The molecule has 3 rings (SSSR count). The number of nitrogens with one attached hydrogen (secondary N) is 1. The largest absolute Gasteiger partial charge is 0.496 e. The number of rotatable bonds is 8. The Kier molecular flexibility index (Phi) is 6.24. The van der Waals surface area contributed by atoms with Crippen molar-refractivity contribution in [3.05, 3.63) is 63.7 Å². The van der Waals surface area contributed by atoms with E-state index >= 15 is 0 Å². The topological polar surface area (TPSA) is 145 Å². The summed E-state index contributed by atoms with van der Waals surface area (Å²) in [6, 6.07) is 10.2. The van der Waals surface area contributed by atoms with Crippen LogP contribution in [0.4, 0.5) is 11.4 Å². The van der Waals surface area contributed by atoms with Crippen LogP contribution in [0.5, 0.6) is 5.75 Å². The van der Waals surface area contributed by atoms with E-state index in [1.165, 1.54) is 31.4 Å². The molecule has 1 aliphatic heterocycles. The van der Waals surface area contributed by atoms with Gasteiger partial charge >= 0.3 is 5.97 Å². The highest BCUT2D eigenvalue weighted by Crippen LogP contribution is 2.29. The molecule has 2 aromatic rings. The van der Waals surface area contributed by atoms with E-state index in [9.17, 15) is 29.3 Å². The Morgan fingerprint density at radius 1 is 1.10 bits per heavy atom. The molecular weight excluding hydrogens is 410 g/mol. The van der Waals surface area contributed by atoms with Gasteiger partial charge in [-0.3, -0.25) is 34.2 Å². The van der Waals surface area contributed by atoms with Crippen LogP contribution in [-0.2, 0) is 14.3 Å². The molecule has 0 fully saturated rings. The average molecular weight is 427 g/mol. The van der Waals surface area contributed by atoms with Crippen molar-refractivity contribution in [3.8, 4) is 5.75 Å². The minimum atomic E-state index is -0.809. The Morgan fingerprint density at radius 2 is 1.74 bits per heavy atom. The molecule has 0 aliphatic carbocycles. The van der Waals surface area contributed by atoms with E-state index in [2.05, 4.69) is 5.32 Å². The van der Waals surface area contributed by atoms with Crippen LogP contribution >= 0.6 is 0 Å². The number of nitro groups is 1. The highest BCUT2D eigenvalue weighted by atomic mass is 16.6. The van der Waals surface area contributed by atoms with Gasteiger partial charge in [0.25, 0.3) is 23.4 Å². The van der Waals surface area contributed by atoms with Gasteiger partial charge in [0.05, 0.1) is 35.6 Å². The fourth-order valence-electron chi connectivity index (χ4n) is 2.94. The first-order valence-corrected chi connectivity index (χ1v) is 9.05. The Morgan fingerprint density at radius 3 is 2.32 bits per heavy atom. The van der Waals surface area contributed by atoms with Crippen LogP contribution in [0.3, 0.4) is 0 Å². The van der Waals surface area contributed by atoms with Gasteiger partial charge in [-0.1, -0.05) is 12.1 Å². The van der Waals surface area contributed by atoms with Crippen LogP contribution < -0.4 is 10.1 Å². The molecule has 0 aromatic heterocycles. The molecule has 0 radical (unpaired) electrons. The number of amides is 3. The number of anilines is 1. The number of hydrogen-bond donors (Lipinski definition) is 1. The molecular formula is C20H17N3O8. The van der Waals surface area contributed by atoms with Crippen molar-refractivity contribution in [2.45, 2.75) is 6.42 Å². The standard InChI is InChI=1S/C20H17N3O8/c1-30-12-6-7-15(16(10-12)23(28)29)21-17(24)11-31-18(25)8-9-22-19(26)13-4-2-3-5-14(13)20(22)27/h2-7,10H,8-9,11H2,1H3,(H,21,24). The number of nitro benzene ring substituents is 1. The molecule has 11 nitrogen and oxygen atoms in total. The van der Waals surface area contributed by atoms with Gasteiger partial charge in [0, 0.05) is 6.54 Å². The van der Waals surface area contributed by atoms with E-state index < -0.39 is 35.2 Å². The van der Waals surface area contributed by atoms with Crippen molar-refractivity contribution in [2.24, 2.45) is 0 Å². The smallest absolute Gasteiger partial charge is 0.308 e. The van der Waals surface area contributed by atoms with E-state index in [1.54, 1.807) is 12.1 Å². The fraction of sp³-hybridized carbons (Fsp3) is 0.200. The molecule has 3 amide bonds. The average Bonchev–Trinajstić information content (AvgIpc) is 3.01. The Labute approximate surface area is 175 Å². The highest BCUT2D eigenvalue weighted by Gasteiger charge is 2.35. The lowest BCUT2D eigenvalue weighted by atomic mass is 10.1. The quantitative estimate of drug-likeness (QED) is 0.290. The van der Waals surface area contributed by atoms with Crippen molar-refractivity contribution >= 4 is 35.1 Å². The summed E-state index contributed by atoms with van der Waals surface area (Å²) in [7, 11) is 1.35. The van der Waals surface area contributed by atoms with Crippen molar-refractivity contribution in [1.82, 2.24) is 4.90 Å². The van der Waals surface area contributed by atoms with Crippen LogP contribution in [0.1, 0.15) is 27.1 Å². The number of fused-ring (bicyclic) bond motifs is 1. The molecule has 160 valence electrons. The molecule has 1 aliphatic rings. The SMILES string of the molecule is COc1ccc(NC(=O)COC(=O)CCN2C(=O)c3ccccc3C2=O)c([N+](=O)[O-])c1. The summed E-state index contributed by atoms with van der Waals surface area (Å²) < 4.78 is 9.74. The lowest BCUT2D eigenvalue weighted by molar-refractivity contribution is -0.384. The Balaban J connectivity index is 1.51. The third-order valence-corrected chi connectivity index (χ3v) is 4.46. The number of imide groups is 1. The minimum absolute atomic E-state index is 0.0853. The predicted octanol–water partition coefficient (Wildman–Crippen LogP) is 1.77. The number of carbonyl (C=O) groups is 4. The van der Waals surface area contributed by atoms with E-state index in [1.807, 2.05) is 0 Å². The molecule has 0 bridgehead atoms. The first-order chi connectivity index (χ1) is 14.8. The maximum Gasteiger partial charge on any atom is 0.308 e. The molecule has 0 saturated heterocycles. The molecule has 0 unspecified atom stereocenters. The van der Waals surface area contributed by atoms with Gasteiger partial charge in [0.15, 0.2) is 6.61 Å². The summed E-state index contributed by atoms with van der Waals surface area (Å²) in [5.41, 5.74) is 0.0604. The van der Waals surface area contributed by atoms with Crippen LogP contribution in [0.15, 0.2) is 42.5 Å². The maximum atomic E-state index is 12.2. The monoisotopic (exact) mass is 427 g/mol. The highest BCUT2D eigenvalue weighted by molar-refractivity contribution is 6.21. The van der Waals surface area contributed by atoms with Crippen LogP contribution in [0.25, 0.3) is 0 Å². The van der Waals surface area contributed by atoms with E-state index in [0.717, 1.165) is 11.0 Å². The maximum absolute atomic E-state index is 12.2. The van der Waals surface area contributed by atoms with Crippen LogP contribution in [-0.4, -0.2) is 53.8 Å². The van der Waals surface area contributed by atoms with Gasteiger partial charge in [0.1, 0.15) is 11.4 Å². The molecule has 2 aromatic carbocycles. The number of nitrogens with zero attached hydrogens (tertiary/aromatic N) is 2. The predicted molar refractivity (Wildman–Crippen MR) is 106 cm³/mol. The van der Waals surface area contributed by atoms with Gasteiger partial charge in [-0.05, 0) is 24.3 Å². The van der Waals surface area contributed by atoms with Gasteiger partial charge in [0.2, 0.25) is 0 Å².